The molecule has 1 aliphatic rings. The van der Waals surface area contributed by atoms with Crippen molar-refractivity contribution in [1.29, 1.82) is 0 Å². The number of nitrogen functional groups attached to an aromatic ring is 1. The van der Waals surface area contributed by atoms with Gasteiger partial charge in [-0.15, -0.1) is 10.2 Å². The molecule has 8 heteroatoms. The van der Waals surface area contributed by atoms with Gasteiger partial charge in [0.15, 0.2) is 5.82 Å². The molecule has 2 aromatic rings. The molecule has 0 saturated heterocycles. The zero-order chi connectivity index (χ0) is 18.7. The smallest absolute Gasteiger partial charge is 0.233 e. The van der Waals surface area contributed by atoms with Crippen LogP contribution >= 0.6 is 11.8 Å². The second-order valence-electron chi connectivity index (χ2n) is 6.89. The van der Waals surface area contributed by atoms with E-state index in [-0.39, 0.29) is 17.5 Å². The van der Waals surface area contributed by atoms with E-state index < -0.39 is 0 Å². The molecule has 2 N–H and O–H groups in total. The van der Waals surface area contributed by atoms with Crippen LogP contribution in [0, 0.1) is 11.7 Å². The maximum atomic E-state index is 13.0. The van der Waals surface area contributed by atoms with E-state index in [2.05, 4.69) is 17.1 Å². The van der Waals surface area contributed by atoms with Gasteiger partial charge < -0.3 is 10.7 Å². The molecule has 1 heterocycles. The highest BCUT2D eigenvalue weighted by atomic mass is 32.2. The van der Waals surface area contributed by atoms with E-state index in [1.807, 2.05) is 11.9 Å². The van der Waals surface area contributed by atoms with Gasteiger partial charge in [0.05, 0.1) is 5.75 Å². The number of aromatic nitrogens is 3. The Bertz CT molecular complexity index is 755. The minimum atomic E-state index is -0.322. The van der Waals surface area contributed by atoms with Crippen molar-refractivity contribution in [3.05, 3.63) is 30.1 Å². The van der Waals surface area contributed by atoms with Crippen LogP contribution in [0.1, 0.15) is 32.6 Å². The summed E-state index contributed by atoms with van der Waals surface area (Å²) < 4.78 is 14.4. The SMILES string of the molecule is CC1CCC(N(C)C(=O)CSc2nnc(-c3ccc(F)cc3)n2N)CC1. The molecule has 1 aromatic heterocycles. The maximum absolute atomic E-state index is 13.0. The zero-order valence-corrected chi connectivity index (χ0v) is 15.9. The normalized spacial score (nSPS) is 20.1. The predicted octanol–water partition coefficient (Wildman–Crippen LogP) is 2.93. The lowest BCUT2D eigenvalue weighted by Gasteiger charge is -2.33. The fraction of sp³-hybridized carbons (Fsp3) is 0.500. The fourth-order valence-electron chi connectivity index (χ4n) is 3.23. The van der Waals surface area contributed by atoms with Crippen LogP contribution in [0.5, 0.6) is 0 Å². The molecular formula is C18H24FN5OS. The van der Waals surface area contributed by atoms with Crippen molar-refractivity contribution < 1.29 is 9.18 Å². The standard InChI is InChI=1S/C18H24FN5OS/c1-12-3-9-15(10-4-12)23(2)16(25)11-26-18-22-21-17(24(18)20)13-5-7-14(19)8-6-13/h5-8,12,15H,3-4,9-11,20H2,1-2H3. The molecule has 1 aromatic carbocycles. The number of hydrogen-bond acceptors (Lipinski definition) is 5. The first-order valence-electron chi connectivity index (χ1n) is 8.80. The second kappa shape index (κ2) is 8.07. The number of nitrogens with zero attached hydrogens (tertiary/aromatic N) is 4. The lowest BCUT2D eigenvalue weighted by Crippen LogP contribution is -2.40. The highest BCUT2D eigenvalue weighted by molar-refractivity contribution is 7.99. The Morgan fingerprint density at radius 3 is 2.58 bits per heavy atom. The molecule has 0 atom stereocenters. The monoisotopic (exact) mass is 377 g/mol. The minimum Gasteiger partial charge on any atom is -0.342 e. The van der Waals surface area contributed by atoms with Crippen molar-refractivity contribution in [3.8, 4) is 11.4 Å². The van der Waals surface area contributed by atoms with Crippen LogP contribution in [0.25, 0.3) is 11.4 Å². The Kier molecular flexibility index (Phi) is 5.80. The second-order valence-corrected chi connectivity index (χ2v) is 7.83. The Hall–Kier alpha value is -2.09. The van der Waals surface area contributed by atoms with E-state index in [0.29, 0.717) is 22.6 Å². The van der Waals surface area contributed by atoms with Crippen LogP contribution in [0.2, 0.25) is 0 Å². The Morgan fingerprint density at radius 2 is 1.92 bits per heavy atom. The maximum Gasteiger partial charge on any atom is 0.233 e. The van der Waals surface area contributed by atoms with E-state index in [1.54, 1.807) is 12.1 Å². The van der Waals surface area contributed by atoms with Gasteiger partial charge in [0.2, 0.25) is 11.1 Å². The number of benzene rings is 1. The van der Waals surface area contributed by atoms with Gasteiger partial charge in [-0.3, -0.25) is 4.79 Å². The summed E-state index contributed by atoms with van der Waals surface area (Å²) >= 11 is 1.27. The van der Waals surface area contributed by atoms with Gasteiger partial charge in [-0.05, 0) is 55.9 Å². The predicted molar refractivity (Wildman–Crippen MR) is 100 cm³/mol. The molecule has 3 rings (SSSR count). The van der Waals surface area contributed by atoms with E-state index in [0.717, 1.165) is 18.8 Å². The summed E-state index contributed by atoms with van der Waals surface area (Å²) in [6, 6.07) is 6.21. The van der Waals surface area contributed by atoms with Gasteiger partial charge in [0.25, 0.3) is 0 Å². The van der Waals surface area contributed by atoms with Crippen molar-refractivity contribution in [2.24, 2.45) is 5.92 Å². The third kappa shape index (κ3) is 4.17. The van der Waals surface area contributed by atoms with E-state index in [1.165, 1.54) is 41.4 Å². The van der Waals surface area contributed by atoms with Gasteiger partial charge in [-0.2, -0.15) is 0 Å². The molecule has 1 saturated carbocycles. The van der Waals surface area contributed by atoms with Gasteiger partial charge in [0, 0.05) is 18.7 Å². The number of carbonyl (C=O) groups excluding carboxylic acids is 1. The molecule has 0 spiro atoms. The summed E-state index contributed by atoms with van der Waals surface area (Å²) in [6.45, 7) is 2.26. The number of nitrogens with two attached hydrogens (primary N) is 1. The fourth-order valence-corrected chi connectivity index (χ4v) is 4.01. The highest BCUT2D eigenvalue weighted by Gasteiger charge is 2.25. The first kappa shape index (κ1) is 18.7. The molecule has 140 valence electrons. The summed E-state index contributed by atoms with van der Waals surface area (Å²) in [7, 11) is 1.88. The zero-order valence-electron chi connectivity index (χ0n) is 15.1. The van der Waals surface area contributed by atoms with Crippen molar-refractivity contribution in [1.82, 2.24) is 19.8 Å². The van der Waals surface area contributed by atoms with E-state index in [4.69, 9.17) is 5.84 Å². The average molecular weight is 377 g/mol. The summed E-state index contributed by atoms with van der Waals surface area (Å²) in [5, 5.41) is 8.57. The third-order valence-corrected chi connectivity index (χ3v) is 5.95. The van der Waals surface area contributed by atoms with Crippen molar-refractivity contribution in [3.63, 3.8) is 0 Å². The van der Waals surface area contributed by atoms with Gasteiger partial charge >= 0.3 is 0 Å². The molecule has 0 bridgehead atoms. The number of amides is 1. The Morgan fingerprint density at radius 1 is 1.27 bits per heavy atom. The molecule has 6 nitrogen and oxygen atoms in total. The van der Waals surface area contributed by atoms with Crippen LogP contribution in [0.15, 0.2) is 29.4 Å². The van der Waals surface area contributed by atoms with Gasteiger partial charge in [-0.1, -0.05) is 18.7 Å². The summed E-state index contributed by atoms with van der Waals surface area (Å²) in [4.78, 5) is 14.3. The van der Waals surface area contributed by atoms with Crippen LogP contribution in [0.3, 0.4) is 0 Å². The number of carbonyl (C=O) groups is 1. The number of thioether (sulfide) groups is 1. The first-order valence-corrected chi connectivity index (χ1v) is 9.79. The summed E-state index contributed by atoms with van der Waals surface area (Å²) in [6.07, 6.45) is 4.48. The molecule has 1 fully saturated rings. The topological polar surface area (TPSA) is 77.0 Å². The van der Waals surface area contributed by atoms with Crippen LogP contribution in [-0.4, -0.2) is 44.5 Å². The van der Waals surface area contributed by atoms with E-state index in [9.17, 15) is 9.18 Å². The van der Waals surface area contributed by atoms with Crippen LogP contribution in [-0.2, 0) is 4.79 Å². The lowest BCUT2D eigenvalue weighted by atomic mass is 9.87. The minimum absolute atomic E-state index is 0.0703. The third-order valence-electron chi connectivity index (χ3n) is 5.02. The quantitative estimate of drug-likeness (QED) is 0.640. The molecule has 1 amide bonds. The molecule has 0 radical (unpaired) electrons. The Labute approximate surface area is 156 Å². The molecule has 1 aliphatic carbocycles. The van der Waals surface area contributed by atoms with Crippen LogP contribution in [0.4, 0.5) is 4.39 Å². The Balaban J connectivity index is 1.59. The average Bonchev–Trinajstić information content (AvgIpc) is 3.01. The van der Waals surface area contributed by atoms with Gasteiger partial charge in [-0.25, -0.2) is 9.07 Å². The largest absolute Gasteiger partial charge is 0.342 e. The first-order chi connectivity index (χ1) is 12.5. The summed E-state index contributed by atoms with van der Waals surface area (Å²) in [5.41, 5.74) is 0.674. The highest BCUT2D eigenvalue weighted by Crippen LogP contribution is 2.27. The molecule has 0 aliphatic heterocycles. The molecule has 0 unspecified atom stereocenters. The number of hydrogen-bond donors (Lipinski definition) is 1. The molecular weight excluding hydrogens is 353 g/mol. The number of rotatable bonds is 5. The van der Waals surface area contributed by atoms with E-state index >= 15 is 0 Å². The van der Waals surface area contributed by atoms with Crippen LogP contribution < -0.4 is 5.84 Å². The van der Waals surface area contributed by atoms with Crippen molar-refractivity contribution in [2.45, 2.75) is 43.8 Å². The van der Waals surface area contributed by atoms with Crippen molar-refractivity contribution in [2.75, 3.05) is 18.6 Å². The van der Waals surface area contributed by atoms with Gasteiger partial charge in [0.1, 0.15) is 5.82 Å². The lowest BCUT2D eigenvalue weighted by molar-refractivity contribution is -0.129. The summed E-state index contributed by atoms with van der Waals surface area (Å²) in [5.74, 6) is 7.25. The van der Waals surface area contributed by atoms with Crippen molar-refractivity contribution >= 4 is 17.7 Å². The molecule has 26 heavy (non-hydrogen) atoms. The number of halogens is 1.